The molecular weight excluding hydrogens is 160 g/mol. The number of benzene rings is 1. The molecule has 0 atom stereocenters. The molecule has 0 bridgehead atoms. The van der Waals surface area contributed by atoms with E-state index in [0.717, 1.165) is 0 Å². The van der Waals surface area contributed by atoms with E-state index < -0.39 is 0 Å². The molecule has 0 aliphatic rings. The van der Waals surface area contributed by atoms with E-state index >= 15 is 0 Å². The molecule has 66 valence electrons. The van der Waals surface area contributed by atoms with Crippen molar-refractivity contribution < 1.29 is 8.78 Å². The monoisotopic (exact) mass is 171 g/mol. The highest BCUT2D eigenvalue weighted by Gasteiger charge is 2.07. The Morgan fingerprint density at radius 1 is 1.08 bits per heavy atom. The van der Waals surface area contributed by atoms with Crippen LogP contribution in [0.5, 0.6) is 0 Å². The Balaban J connectivity index is 3.23. The first-order valence-corrected chi connectivity index (χ1v) is 3.65. The second kappa shape index (κ2) is 3.09. The molecule has 0 spiro atoms. The van der Waals surface area contributed by atoms with Crippen LogP contribution in [0.4, 0.5) is 14.5 Å². The highest BCUT2D eigenvalue weighted by molar-refractivity contribution is 5.48. The van der Waals surface area contributed by atoms with Crippen LogP contribution < -0.4 is 4.90 Å². The van der Waals surface area contributed by atoms with Gasteiger partial charge in [-0.05, 0) is 18.6 Å². The summed E-state index contributed by atoms with van der Waals surface area (Å²) in [7, 11) is 3.35. The van der Waals surface area contributed by atoms with Crippen molar-refractivity contribution in [3.63, 3.8) is 0 Å². The zero-order chi connectivity index (χ0) is 9.30. The summed E-state index contributed by atoms with van der Waals surface area (Å²) in [6, 6.07) is 2.40. The second-order valence-electron chi connectivity index (χ2n) is 2.95. The summed E-state index contributed by atoms with van der Waals surface area (Å²) >= 11 is 0. The van der Waals surface area contributed by atoms with Crippen LogP contribution in [0, 0.1) is 18.6 Å². The Morgan fingerprint density at radius 2 is 1.67 bits per heavy atom. The molecule has 0 saturated carbocycles. The fraction of sp³-hybridized carbons (Fsp3) is 0.333. The van der Waals surface area contributed by atoms with Crippen molar-refractivity contribution in [1.29, 1.82) is 0 Å². The topological polar surface area (TPSA) is 3.24 Å². The van der Waals surface area contributed by atoms with Crippen LogP contribution >= 0.6 is 0 Å². The van der Waals surface area contributed by atoms with Gasteiger partial charge in [0.1, 0.15) is 11.6 Å². The van der Waals surface area contributed by atoms with Crippen LogP contribution in [0.1, 0.15) is 5.56 Å². The Kier molecular flexibility index (Phi) is 2.31. The first-order valence-electron chi connectivity index (χ1n) is 3.65. The zero-order valence-corrected chi connectivity index (χ0v) is 7.36. The van der Waals surface area contributed by atoms with E-state index in [4.69, 9.17) is 0 Å². The maximum atomic E-state index is 13.1. The van der Waals surface area contributed by atoms with Gasteiger partial charge >= 0.3 is 0 Å². The van der Waals surface area contributed by atoms with Gasteiger partial charge in [-0.1, -0.05) is 0 Å². The van der Waals surface area contributed by atoms with Crippen LogP contribution in [-0.2, 0) is 0 Å². The van der Waals surface area contributed by atoms with Gasteiger partial charge in [-0.15, -0.1) is 0 Å². The van der Waals surface area contributed by atoms with Gasteiger partial charge < -0.3 is 4.90 Å². The molecule has 1 rings (SSSR count). The van der Waals surface area contributed by atoms with E-state index in [2.05, 4.69) is 0 Å². The highest BCUT2D eigenvalue weighted by Crippen LogP contribution is 2.20. The molecule has 0 radical (unpaired) electrons. The number of anilines is 1. The summed E-state index contributed by atoms with van der Waals surface area (Å²) in [5.74, 6) is -0.765. The van der Waals surface area contributed by atoms with Gasteiger partial charge in [0.15, 0.2) is 0 Å². The maximum Gasteiger partial charge on any atom is 0.146 e. The van der Waals surface area contributed by atoms with E-state index in [9.17, 15) is 8.78 Å². The molecule has 0 fully saturated rings. The molecule has 0 saturated heterocycles. The van der Waals surface area contributed by atoms with Crippen molar-refractivity contribution >= 4 is 5.69 Å². The van der Waals surface area contributed by atoms with E-state index in [0.29, 0.717) is 5.56 Å². The lowest BCUT2D eigenvalue weighted by molar-refractivity contribution is 0.591. The van der Waals surface area contributed by atoms with Gasteiger partial charge in [-0.25, -0.2) is 8.78 Å². The molecule has 0 aliphatic carbocycles. The predicted molar refractivity (Wildman–Crippen MR) is 45.4 cm³/mol. The lowest BCUT2D eigenvalue weighted by atomic mass is 10.2. The average molecular weight is 171 g/mol. The molecular formula is C9H11F2N. The van der Waals surface area contributed by atoms with Gasteiger partial charge in [0, 0.05) is 20.2 Å². The van der Waals surface area contributed by atoms with Crippen LogP contribution in [0.15, 0.2) is 12.1 Å². The third kappa shape index (κ3) is 1.55. The number of rotatable bonds is 1. The Bertz CT molecular complexity index is 295. The predicted octanol–water partition coefficient (Wildman–Crippen LogP) is 2.34. The SMILES string of the molecule is Cc1cc(F)c(N(C)C)cc1F. The van der Waals surface area contributed by atoms with Gasteiger partial charge in [-0.3, -0.25) is 0 Å². The Morgan fingerprint density at radius 3 is 2.17 bits per heavy atom. The van der Waals surface area contributed by atoms with Gasteiger partial charge in [0.25, 0.3) is 0 Å². The lowest BCUT2D eigenvalue weighted by Crippen LogP contribution is -2.11. The fourth-order valence-corrected chi connectivity index (χ4v) is 0.978. The average Bonchev–Trinajstić information content (AvgIpc) is 1.96. The summed E-state index contributed by atoms with van der Waals surface area (Å²) in [6.45, 7) is 1.54. The molecule has 0 aromatic heterocycles. The summed E-state index contributed by atoms with van der Waals surface area (Å²) in [6.07, 6.45) is 0. The Hall–Kier alpha value is -1.12. The second-order valence-corrected chi connectivity index (χ2v) is 2.95. The Labute approximate surface area is 70.6 Å². The van der Waals surface area contributed by atoms with E-state index in [-0.39, 0.29) is 17.3 Å². The lowest BCUT2D eigenvalue weighted by Gasteiger charge is -2.13. The summed E-state index contributed by atoms with van der Waals surface area (Å²) < 4.78 is 26.0. The largest absolute Gasteiger partial charge is 0.375 e. The molecule has 0 unspecified atom stereocenters. The maximum absolute atomic E-state index is 13.1. The highest BCUT2D eigenvalue weighted by atomic mass is 19.1. The molecule has 0 amide bonds. The number of hydrogen-bond acceptors (Lipinski definition) is 1. The molecule has 3 heteroatoms. The van der Waals surface area contributed by atoms with Gasteiger partial charge in [0.2, 0.25) is 0 Å². The quantitative estimate of drug-likeness (QED) is 0.626. The van der Waals surface area contributed by atoms with E-state index in [1.807, 2.05) is 0 Å². The third-order valence-corrected chi connectivity index (χ3v) is 1.71. The molecule has 1 aromatic carbocycles. The number of aryl methyl sites for hydroxylation is 1. The standard InChI is InChI=1S/C9H11F2N/c1-6-4-8(11)9(12(2)3)5-7(6)10/h4-5H,1-3H3. The molecule has 1 nitrogen and oxygen atoms in total. The van der Waals surface area contributed by atoms with Crippen molar-refractivity contribution in [2.45, 2.75) is 6.92 Å². The third-order valence-electron chi connectivity index (χ3n) is 1.71. The minimum absolute atomic E-state index is 0.276. The zero-order valence-electron chi connectivity index (χ0n) is 7.36. The molecule has 0 heterocycles. The van der Waals surface area contributed by atoms with E-state index in [1.165, 1.54) is 24.0 Å². The van der Waals surface area contributed by atoms with Crippen LogP contribution in [0.2, 0.25) is 0 Å². The van der Waals surface area contributed by atoms with Crippen molar-refractivity contribution in [3.8, 4) is 0 Å². The summed E-state index contributed by atoms with van der Waals surface area (Å²) in [4.78, 5) is 1.54. The van der Waals surface area contributed by atoms with Crippen molar-refractivity contribution in [1.82, 2.24) is 0 Å². The van der Waals surface area contributed by atoms with Crippen LogP contribution in [0.3, 0.4) is 0 Å². The minimum Gasteiger partial charge on any atom is -0.375 e. The van der Waals surface area contributed by atoms with Gasteiger partial charge in [-0.2, -0.15) is 0 Å². The first-order chi connectivity index (χ1) is 5.52. The molecule has 0 aliphatic heterocycles. The molecule has 0 N–H and O–H groups in total. The van der Waals surface area contributed by atoms with Gasteiger partial charge in [0.05, 0.1) is 5.69 Å². The van der Waals surface area contributed by atoms with Crippen molar-refractivity contribution in [2.75, 3.05) is 19.0 Å². The van der Waals surface area contributed by atoms with Crippen LogP contribution in [-0.4, -0.2) is 14.1 Å². The van der Waals surface area contributed by atoms with Crippen LogP contribution in [0.25, 0.3) is 0 Å². The van der Waals surface area contributed by atoms with Crippen molar-refractivity contribution in [2.24, 2.45) is 0 Å². The number of nitrogens with zero attached hydrogens (tertiary/aromatic N) is 1. The summed E-state index contributed by atoms with van der Waals surface area (Å²) in [5.41, 5.74) is 0.608. The molecule has 12 heavy (non-hydrogen) atoms. The number of hydrogen-bond donors (Lipinski definition) is 0. The smallest absolute Gasteiger partial charge is 0.146 e. The molecule has 1 aromatic rings. The van der Waals surface area contributed by atoms with E-state index in [1.54, 1.807) is 14.1 Å². The summed E-state index contributed by atoms with van der Waals surface area (Å²) in [5, 5.41) is 0. The first kappa shape index (κ1) is 8.97. The normalized spacial score (nSPS) is 10.1. The fourth-order valence-electron chi connectivity index (χ4n) is 0.978. The number of halogens is 2. The van der Waals surface area contributed by atoms with Crippen molar-refractivity contribution in [3.05, 3.63) is 29.3 Å². The minimum atomic E-state index is -0.390.